The zero-order valence-electron chi connectivity index (χ0n) is 11.5. The van der Waals surface area contributed by atoms with Crippen molar-refractivity contribution in [2.24, 2.45) is 0 Å². The maximum absolute atomic E-state index is 13.1. The van der Waals surface area contributed by atoms with Crippen molar-refractivity contribution in [3.8, 4) is 0 Å². The molecule has 1 aromatic heterocycles. The Bertz CT molecular complexity index is 649. The summed E-state index contributed by atoms with van der Waals surface area (Å²) in [5.41, 5.74) is 1.63. The number of benzene rings is 1. The number of hydrogen-bond donors (Lipinski definition) is 2. The molecule has 2 rings (SSSR count). The highest BCUT2D eigenvalue weighted by atomic mass is 35.5. The molecular weight excluding hydrogens is 293 g/mol. The summed E-state index contributed by atoms with van der Waals surface area (Å²) in [6, 6.07) is 7.67. The van der Waals surface area contributed by atoms with E-state index in [-0.39, 0.29) is 10.9 Å². The van der Waals surface area contributed by atoms with E-state index in [0.717, 1.165) is 6.42 Å². The van der Waals surface area contributed by atoms with Gasteiger partial charge in [0.15, 0.2) is 0 Å². The summed E-state index contributed by atoms with van der Waals surface area (Å²) in [7, 11) is 0. The van der Waals surface area contributed by atoms with Gasteiger partial charge in [0.1, 0.15) is 11.5 Å². The van der Waals surface area contributed by atoms with Crippen molar-refractivity contribution in [3.63, 3.8) is 0 Å². The van der Waals surface area contributed by atoms with Gasteiger partial charge in [-0.25, -0.2) is 4.39 Å². The number of nitrogens with zero attached hydrogens (tertiary/aromatic N) is 1. The second kappa shape index (κ2) is 7.04. The molecule has 0 aliphatic carbocycles. The predicted molar refractivity (Wildman–Crippen MR) is 81.6 cm³/mol. The molecule has 0 saturated carbocycles. The van der Waals surface area contributed by atoms with Crippen molar-refractivity contribution >= 4 is 28.9 Å². The maximum atomic E-state index is 13.1. The topological polar surface area (TPSA) is 54.0 Å². The van der Waals surface area contributed by atoms with Crippen LogP contribution in [-0.2, 0) is 0 Å². The highest BCUT2D eigenvalue weighted by molar-refractivity contribution is 6.31. The van der Waals surface area contributed by atoms with Crippen LogP contribution in [0, 0.1) is 5.82 Å². The van der Waals surface area contributed by atoms with Gasteiger partial charge < -0.3 is 10.6 Å². The molecule has 2 N–H and O–H groups in total. The van der Waals surface area contributed by atoms with Gasteiger partial charge in [0.25, 0.3) is 5.91 Å². The van der Waals surface area contributed by atoms with Crippen LogP contribution in [0.15, 0.2) is 36.5 Å². The molecule has 0 aliphatic rings. The number of halogens is 2. The number of aromatic nitrogens is 1. The molecular formula is C15H15ClFN3O. The van der Waals surface area contributed by atoms with Gasteiger partial charge in [-0.1, -0.05) is 18.5 Å². The lowest BCUT2D eigenvalue weighted by Crippen LogP contribution is -2.24. The first-order chi connectivity index (χ1) is 10.1. The number of pyridine rings is 1. The van der Waals surface area contributed by atoms with Crippen LogP contribution in [0.4, 0.5) is 15.8 Å². The molecule has 2 aromatic rings. The van der Waals surface area contributed by atoms with E-state index in [2.05, 4.69) is 15.6 Å². The molecule has 21 heavy (non-hydrogen) atoms. The summed E-state index contributed by atoms with van der Waals surface area (Å²) in [5.74, 6) is -0.700. The van der Waals surface area contributed by atoms with E-state index in [0.29, 0.717) is 23.6 Å². The van der Waals surface area contributed by atoms with Crippen molar-refractivity contribution in [3.05, 3.63) is 53.1 Å². The summed E-state index contributed by atoms with van der Waals surface area (Å²) in [5, 5.41) is 5.85. The van der Waals surface area contributed by atoms with Crippen LogP contribution >= 0.6 is 11.6 Å². The van der Waals surface area contributed by atoms with Gasteiger partial charge >= 0.3 is 0 Å². The molecule has 0 bridgehead atoms. The molecule has 1 amide bonds. The van der Waals surface area contributed by atoms with Gasteiger partial charge in [-0.2, -0.15) is 0 Å². The third-order valence-corrected chi connectivity index (χ3v) is 3.03. The van der Waals surface area contributed by atoms with Crippen molar-refractivity contribution in [1.82, 2.24) is 10.3 Å². The molecule has 6 heteroatoms. The van der Waals surface area contributed by atoms with E-state index in [1.165, 1.54) is 18.3 Å². The summed E-state index contributed by atoms with van der Waals surface area (Å²) in [6.07, 6.45) is 2.39. The summed E-state index contributed by atoms with van der Waals surface area (Å²) < 4.78 is 13.1. The fourth-order valence-electron chi connectivity index (χ4n) is 1.70. The number of anilines is 2. The minimum Gasteiger partial charge on any atom is -0.355 e. The lowest BCUT2D eigenvalue weighted by atomic mass is 10.2. The summed E-state index contributed by atoms with van der Waals surface area (Å²) >= 11 is 5.73. The Kier molecular flexibility index (Phi) is 5.11. The Morgan fingerprint density at radius 1 is 1.29 bits per heavy atom. The number of hydrogen-bond acceptors (Lipinski definition) is 3. The number of carbonyl (C=O) groups is 1. The van der Waals surface area contributed by atoms with Crippen molar-refractivity contribution in [2.75, 3.05) is 11.9 Å². The molecule has 4 nitrogen and oxygen atoms in total. The normalized spacial score (nSPS) is 10.2. The van der Waals surface area contributed by atoms with Gasteiger partial charge in [0.05, 0.1) is 5.02 Å². The van der Waals surface area contributed by atoms with Crippen molar-refractivity contribution in [2.45, 2.75) is 13.3 Å². The maximum Gasteiger partial charge on any atom is 0.269 e. The van der Waals surface area contributed by atoms with Crippen LogP contribution in [0.3, 0.4) is 0 Å². The molecule has 0 unspecified atom stereocenters. The SMILES string of the molecule is CCCNC(=O)c1cc(Nc2ccc(F)c(Cl)c2)ccn1. The molecule has 0 radical (unpaired) electrons. The lowest BCUT2D eigenvalue weighted by Gasteiger charge is -2.09. The zero-order chi connectivity index (χ0) is 15.2. The van der Waals surface area contributed by atoms with Gasteiger partial charge in [-0.05, 0) is 36.8 Å². The van der Waals surface area contributed by atoms with E-state index in [4.69, 9.17) is 11.6 Å². The standard InChI is InChI=1S/C15H15ClFN3O/c1-2-6-19-15(21)14-9-11(5-7-18-14)20-10-3-4-13(17)12(16)8-10/h3-5,7-9H,2,6H2,1H3,(H,18,20)(H,19,21). The Morgan fingerprint density at radius 3 is 2.76 bits per heavy atom. The smallest absolute Gasteiger partial charge is 0.269 e. The number of carbonyl (C=O) groups excluding carboxylic acids is 1. The first-order valence-electron chi connectivity index (χ1n) is 6.56. The van der Waals surface area contributed by atoms with Gasteiger partial charge in [0, 0.05) is 24.1 Å². The summed E-state index contributed by atoms with van der Waals surface area (Å²) in [4.78, 5) is 15.9. The Balaban J connectivity index is 2.13. The third kappa shape index (κ3) is 4.16. The van der Waals surface area contributed by atoms with Crippen LogP contribution in [-0.4, -0.2) is 17.4 Å². The van der Waals surface area contributed by atoms with E-state index in [1.807, 2.05) is 6.92 Å². The molecule has 0 aliphatic heterocycles. The average molecular weight is 308 g/mol. The molecule has 0 fully saturated rings. The molecule has 1 aromatic carbocycles. The van der Waals surface area contributed by atoms with Crippen molar-refractivity contribution in [1.29, 1.82) is 0 Å². The fraction of sp³-hybridized carbons (Fsp3) is 0.200. The van der Waals surface area contributed by atoms with Gasteiger partial charge in [-0.3, -0.25) is 9.78 Å². The molecule has 0 saturated heterocycles. The zero-order valence-corrected chi connectivity index (χ0v) is 12.2. The first kappa shape index (κ1) is 15.3. The second-order valence-electron chi connectivity index (χ2n) is 4.44. The van der Waals surface area contributed by atoms with Crippen LogP contribution < -0.4 is 10.6 Å². The molecule has 0 spiro atoms. The lowest BCUT2D eigenvalue weighted by molar-refractivity contribution is 0.0949. The first-order valence-corrected chi connectivity index (χ1v) is 6.94. The molecule has 0 atom stereocenters. The third-order valence-electron chi connectivity index (χ3n) is 2.74. The Labute approximate surface area is 127 Å². The second-order valence-corrected chi connectivity index (χ2v) is 4.85. The average Bonchev–Trinajstić information content (AvgIpc) is 2.49. The summed E-state index contributed by atoms with van der Waals surface area (Å²) in [6.45, 7) is 2.58. The Morgan fingerprint density at radius 2 is 2.05 bits per heavy atom. The highest BCUT2D eigenvalue weighted by Gasteiger charge is 2.07. The quantitative estimate of drug-likeness (QED) is 0.884. The van der Waals surface area contributed by atoms with Crippen LogP contribution in [0.25, 0.3) is 0 Å². The molecule has 1 heterocycles. The number of amides is 1. The molecule has 110 valence electrons. The number of nitrogens with one attached hydrogen (secondary N) is 2. The van der Waals surface area contributed by atoms with Crippen LogP contribution in [0.2, 0.25) is 5.02 Å². The van der Waals surface area contributed by atoms with E-state index < -0.39 is 5.82 Å². The van der Waals surface area contributed by atoms with Gasteiger partial charge in [-0.15, -0.1) is 0 Å². The monoisotopic (exact) mass is 307 g/mol. The Hall–Kier alpha value is -2.14. The minimum atomic E-state index is -0.475. The predicted octanol–water partition coefficient (Wildman–Crippen LogP) is 3.76. The van der Waals surface area contributed by atoms with E-state index >= 15 is 0 Å². The highest BCUT2D eigenvalue weighted by Crippen LogP contribution is 2.22. The van der Waals surface area contributed by atoms with E-state index in [1.54, 1.807) is 18.2 Å². The van der Waals surface area contributed by atoms with E-state index in [9.17, 15) is 9.18 Å². The minimum absolute atomic E-state index is 0.0370. The largest absolute Gasteiger partial charge is 0.355 e. The fourth-order valence-corrected chi connectivity index (χ4v) is 1.88. The van der Waals surface area contributed by atoms with Crippen LogP contribution in [0.5, 0.6) is 0 Å². The van der Waals surface area contributed by atoms with Gasteiger partial charge in [0.2, 0.25) is 0 Å². The van der Waals surface area contributed by atoms with Crippen molar-refractivity contribution < 1.29 is 9.18 Å². The van der Waals surface area contributed by atoms with Crippen LogP contribution in [0.1, 0.15) is 23.8 Å². The number of rotatable bonds is 5.